The van der Waals surface area contributed by atoms with Crippen LogP contribution in [0, 0.1) is 17.0 Å². The summed E-state index contributed by atoms with van der Waals surface area (Å²) in [6.07, 6.45) is 1.50. The van der Waals surface area contributed by atoms with Gasteiger partial charge in [-0.25, -0.2) is 0 Å². The molecule has 0 saturated carbocycles. The van der Waals surface area contributed by atoms with E-state index in [-0.39, 0.29) is 11.3 Å². The summed E-state index contributed by atoms with van der Waals surface area (Å²) in [4.78, 5) is 26.7. The molecule has 2 aromatic rings. The van der Waals surface area contributed by atoms with E-state index in [1.807, 2.05) is 6.92 Å². The lowest BCUT2D eigenvalue weighted by Crippen LogP contribution is -2.14. The molecular formula is C14H14N4O3. The van der Waals surface area contributed by atoms with Crippen LogP contribution in [-0.4, -0.2) is 22.9 Å². The predicted molar refractivity (Wildman–Crippen MR) is 79.6 cm³/mol. The van der Waals surface area contributed by atoms with Crippen molar-refractivity contribution in [2.24, 2.45) is 0 Å². The van der Waals surface area contributed by atoms with E-state index >= 15 is 0 Å². The van der Waals surface area contributed by atoms with Crippen LogP contribution < -0.4 is 10.6 Å². The Morgan fingerprint density at radius 3 is 2.52 bits per heavy atom. The molecule has 1 amide bonds. The minimum absolute atomic E-state index is 0.00701. The Bertz CT molecular complexity index is 683. The summed E-state index contributed by atoms with van der Waals surface area (Å²) in [5.41, 5.74) is 1.66. The van der Waals surface area contributed by atoms with Crippen LogP contribution in [0.15, 0.2) is 36.5 Å². The Morgan fingerprint density at radius 1 is 1.24 bits per heavy atom. The second kappa shape index (κ2) is 6.00. The topological polar surface area (TPSA) is 97.2 Å². The third kappa shape index (κ3) is 3.33. The van der Waals surface area contributed by atoms with Crippen molar-refractivity contribution in [3.8, 4) is 0 Å². The van der Waals surface area contributed by atoms with E-state index in [4.69, 9.17) is 0 Å². The summed E-state index contributed by atoms with van der Waals surface area (Å²) < 4.78 is 0. The zero-order valence-electron chi connectivity index (χ0n) is 11.6. The Labute approximate surface area is 121 Å². The lowest BCUT2D eigenvalue weighted by Gasteiger charge is -2.07. The van der Waals surface area contributed by atoms with Crippen LogP contribution in [0.5, 0.6) is 0 Å². The molecule has 7 nitrogen and oxygen atoms in total. The Morgan fingerprint density at radius 2 is 1.95 bits per heavy atom. The molecule has 1 aromatic heterocycles. The van der Waals surface area contributed by atoms with E-state index in [9.17, 15) is 14.9 Å². The van der Waals surface area contributed by atoms with Gasteiger partial charge in [-0.15, -0.1) is 0 Å². The van der Waals surface area contributed by atoms with E-state index in [0.29, 0.717) is 11.4 Å². The summed E-state index contributed by atoms with van der Waals surface area (Å²) >= 11 is 0. The van der Waals surface area contributed by atoms with E-state index < -0.39 is 10.8 Å². The second-order valence-corrected chi connectivity index (χ2v) is 4.38. The van der Waals surface area contributed by atoms with E-state index in [1.54, 1.807) is 25.2 Å². The molecule has 0 aliphatic carbocycles. The van der Waals surface area contributed by atoms with Gasteiger partial charge in [0, 0.05) is 24.5 Å². The van der Waals surface area contributed by atoms with Crippen molar-refractivity contribution >= 4 is 23.0 Å². The maximum absolute atomic E-state index is 12.2. The summed E-state index contributed by atoms with van der Waals surface area (Å²) in [5, 5.41) is 16.5. The van der Waals surface area contributed by atoms with Gasteiger partial charge in [-0.1, -0.05) is 0 Å². The second-order valence-electron chi connectivity index (χ2n) is 4.38. The first-order valence-corrected chi connectivity index (χ1v) is 6.21. The van der Waals surface area contributed by atoms with Crippen LogP contribution >= 0.6 is 0 Å². The minimum atomic E-state index is -0.582. The summed E-state index contributed by atoms with van der Waals surface area (Å²) in [7, 11) is 1.67. The fourth-order valence-corrected chi connectivity index (χ4v) is 1.77. The average Bonchev–Trinajstić information content (AvgIpc) is 2.48. The normalized spacial score (nSPS) is 10.0. The third-order valence-corrected chi connectivity index (χ3v) is 2.90. The van der Waals surface area contributed by atoms with E-state index in [1.165, 1.54) is 18.3 Å². The number of aryl methyl sites for hydroxylation is 1. The van der Waals surface area contributed by atoms with Crippen LogP contribution in [0.1, 0.15) is 16.1 Å². The highest BCUT2D eigenvalue weighted by atomic mass is 16.6. The minimum Gasteiger partial charge on any atom is -0.388 e. The zero-order chi connectivity index (χ0) is 15.4. The lowest BCUT2D eigenvalue weighted by atomic mass is 10.1. The van der Waals surface area contributed by atoms with Gasteiger partial charge >= 0.3 is 0 Å². The molecule has 0 atom stereocenters. The number of hydrogen-bond donors (Lipinski definition) is 2. The van der Waals surface area contributed by atoms with Gasteiger partial charge in [0.1, 0.15) is 5.56 Å². The van der Waals surface area contributed by atoms with E-state index in [0.717, 1.165) is 5.69 Å². The fourth-order valence-electron chi connectivity index (χ4n) is 1.77. The monoisotopic (exact) mass is 286 g/mol. The third-order valence-electron chi connectivity index (χ3n) is 2.90. The molecule has 7 heteroatoms. The number of benzene rings is 1. The van der Waals surface area contributed by atoms with Crippen LogP contribution in [-0.2, 0) is 0 Å². The first kappa shape index (κ1) is 14.4. The first-order chi connectivity index (χ1) is 10.0. The molecule has 108 valence electrons. The van der Waals surface area contributed by atoms with Gasteiger partial charge in [-0.2, -0.15) is 0 Å². The highest BCUT2D eigenvalue weighted by molar-refractivity contribution is 6.07. The number of aromatic nitrogens is 1. The number of nitro groups is 1. The quantitative estimate of drug-likeness (QED) is 0.665. The van der Waals surface area contributed by atoms with Crippen molar-refractivity contribution in [3.05, 3.63) is 57.9 Å². The Hall–Kier alpha value is -2.96. The van der Waals surface area contributed by atoms with Gasteiger partial charge in [0.15, 0.2) is 0 Å². The molecular weight excluding hydrogens is 272 g/mol. The molecule has 0 unspecified atom stereocenters. The molecule has 0 saturated heterocycles. The number of pyridine rings is 1. The molecule has 0 fully saturated rings. The fraction of sp³-hybridized carbons (Fsp3) is 0.143. The van der Waals surface area contributed by atoms with Crippen LogP contribution in [0.4, 0.5) is 17.1 Å². The van der Waals surface area contributed by atoms with Gasteiger partial charge in [0.05, 0.1) is 16.8 Å². The van der Waals surface area contributed by atoms with Crippen molar-refractivity contribution in [1.82, 2.24) is 4.98 Å². The lowest BCUT2D eigenvalue weighted by molar-refractivity contribution is -0.385. The highest BCUT2D eigenvalue weighted by Crippen LogP contribution is 2.23. The zero-order valence-corrected chi connectivity index (χ0v) is 11.6. The predicted octanol–water partition coefficient (Wildman–Crippen LogP) is 2.59. The number of anilines is 2. The summed E-state index contributed by atoms with van der Waals surface area (Å²) in [6.45, 7) is 1.83. The molecule has 2 N–H and O–H groups in total. The molecule has 21 heavy (non-hydrogen) atoms. The Balaban J connectivity index is 2.33. The van der Waals surface area contributed by atoms with Gasteiger partial charge in [0.2, 0.25) is 0 Å². The van der Waals surface area contributed by atoms with E-state index in [2.05, 4.69) is 15.6 Å². The number of hydrogen-bond acceptors (Lipinski definition) is 5. The van der Waals surface area contributed by atoms with Crippen LogP contribution in [0.3, 0.4) is 0 Å². The van der Waals surface area contributed by atoms with Crippen molar-refractivity contribution in [2.45, 2.75) is 6.92 Å². The van der Waals surface area contributed by atoms with Crippen LogP contribution in [0.25, 0.3) is 0 Å². The number of carbonyl (C=O) groups excluding carboxylic acids is 1. The average molecular weight is 286 g/mol. The molecule has 0 aliphatic rings. The number of nitrogens with zero attached hydrogens (tertiary/aromatic N) is 2. The first-order valence-electron chi connectivity index (χ1n) is 6.21. The molecule has 2 rings (SSSR count). The molecule has 1 heterocycles. The summed E-state index contributed by atoms with van der Waals surface area (Å²) in [5.74, 6) is -0.551. The molecule has 0 radical (unpaired) electrons. The van der Waals surface area contributed by atoms with Crippen LogP contribution in [0.2, 0.25) is 0 Å². The van der Waals surface area contributed by atoms with Crippen molar-refractivity contribution in [2.75, 3.05) is 17.7 Å². The maximum atomic E-state index is 12.2. The van der Waals surface area contributed by atoms with Crippen molar-refractivity contribution < 1.29 is 9.72 Å². The Kier molecular flexibility index (Phi) is 4.13. The molecule has 0 aliphatic heterocycles. The maximum Gasteiger partial charge on any atom is 0.282 e. The molecule has 1 aromatic carbocycles. The number of rotatable bonds is 4. The standard InChI is InChI=1S/C14H14N4O3/c1-9-3-4-11(8-16-9)17-14(19)12-7-10(15-2)5-6-13(12)18(20)21/h3-8,15H,1-2H3,(H,17,19). The number of amides is 1. The van der Waals surface area contributed by atoms with Gasteiger partial charge in [0.25, 0.3) is 11.6 Å². The smallest absolute Gasteiger partial charge is 0.282 e. The molecule has 0 bridgehead atoms. The van der Waals surface area contributed by atoms with Crippen molar-refractivity contribution in [1.29, 1.82) is 0 Å². The number of carbonyl (C=O) groups is 1. The largest absolute Gasteiger partial charge is 0.388 e. The van der Waals surface area contributed by atoms with Gasteiger partial charge in [-0.3, -0.25) is 19.9 Å². The van der Waals surface area contributed by atoms with Gasteiger partial charge < -0.3 is 10.6 Å². The molecule has 0 spiro atoms. The summed E-state index contributed by atoms with van der Waals surface area (Å²) in [6, 6.07) is 7.72. The van der Waals surface area contributed by atoms with Crippen molar-refractivity contribution in [3.63, 3.8) is 0 Å². The SMILES string of the molecule is CNc1ccc([N+](=O)[O-])c(C(=O)Nc2ccc(C)nc2)c1. The van der Waals surface area contributed by atoms with Gasteiger partial charge in [-0.05, 0) is 31.2 Å². The number of nitro benzene ring substituents is 1. The highest BCUT2D eigenvalue weighted by Gasteiger charge is 2.20. The number of nitrogens with one attached hydrogen (secondary N) is 2.